The maximum Gasteiger partial charge on any atom is 0.336 e. The zero-order valence-electron chi connectivity index (χ0n) is 12.9. The van der Waals surface area contributed by atoms with Crippen LogP contribution in [0.2, 0.25) is 0 Å². The number of hydrogen-bond acceptors (Lipinski definition) is 4. The molecule has 0 aromatic heterocycles. The van der Waals surface area contributed by atoms with E-state index >= 15 is 0 Å². The van der Waals surface area contributed by atoms with Crippen LogP contribution in [0.5, 0.6) is 0 Å². The molecule has 1 aliphatic heterocycles. The summed E-state index contributed by atoms with van der Waals surface area (Å²) in [6.45, 7) is 3.75. The Hall–Kier alpha value is -2.66. The first kappa shape index (κ1) is 15.2. The van der Waals surface area contributed by atoms with E-state index in [0.29, 0.717) is 5.71 Å². The summed E-state index contributed by atoms with van der Waals surface area (Å²) in [5.74, 6) is -3.42. The maximum atomic E-state index is 11.4. The molecule has 0 amide bonds. The number of hydrogen-bond donors (Lipinski definition) is 2. The SMILES string of the molecule is Cc1ccc(C2=NOC(O)(c3ccccc3C(=O)O)C2C)cc1. The molecule has 0 saturated carbocycles. The van der Waals surface area contributed by atoms with E-state index in [-0.39, 0.29) is 11.1 Å². The molecule has 1 heterocycles. The molecule has 2 N–H and O–H groups in total. The van der Waals surface area contributed by atoms with Gasteiger partial charge in [0.05, 0.1) is 17.2 Å². The Morgan fingerprint density at radius 2 is 1.83 bits per heavy atom. The highest BCUT2D eigenvalue weighted by Crippen LogP contribution is 2.40. The fourth-order valence-corrected chi connectivity index (χ4v) is 2.75. The largest absolute Gasteiger partial charge is 0.478 e. The number of oxime groups is 1. The molecule has 2 aromatic carbocycles. The molecule has 2 atom stereocenters. The molecule has 0 aliphatic carbocycles. The van der Waals surface area contributed by atoms with E-state index in [1.54, 1.807) is 25.1 Å². The number of benzene rings is 2. The highest BCUT2D eigenvalue weighted by atomic mass is 16.7. The molecule has 118 valence electrons. The van der Waals surface area contributed by atoms with Gasteiger partial charge >= 0.3 is 5.97 Å². The lowest BCUT2D eigenvalue weighted by molar-refractivity contribution is -0.214. The van der Waals surface area contributed by atoms with Crippen molar-refractivity contribution < 1.29 is 19.8 Å². The molecule has 2 unspecified atom stereocenters. The van der Waals surface area contributed by atoms with Crippen molar-refractivity contribution in [1.82, 2.24) is 0 Å². The van der Waals surface area contributed by atoms with E-state index in [9.17, 15) is 15.0 Å². The van der Waals surface area contributed by atoms with Crippen molar-refractivity contribution >= 4 is 11.7 Å². The topological polar surface area (TPSA) is 79.1 Å². The number of carbonyl (C=O) groups is 1. The van der Waals surface area contributed by atoms with Crippen LogP contribution in [-0.4, -0.2) is 21.9 Å². The Labute approximate surface area is 133 Å². The number of aromatic carboxylic acids is 1. The van der Waals surface area contributed by atoms with Gasteiger partial charge in [-0.15, -0.1) is 0 Å². The van der Waals surface area contributed by atoms with Gasteiger partial charge < -0.3 is 15.1 Å². The van der Waals surface area contributed by atoms with Crippen LogP contribution in [0, 0.1) is 12.8 Å². The first-order valence-corrected chi connectivity index (χ1v) is 7.32. The predicted molar refractivity (Wildman–Crippen MR) is 85.3 cm³/mol. The predicted octanol–water partition coefficient (Wildman–Crippen LogP) is 2.91. The summed E-state index contributed by atoms with van der Waals surface area (Å²) in [5, 5.41) is 24.3. The Balaban J connectivity index is 2.00. The van der Waals surface area contributed by atoms with Crippen LogP contribution in [0.3, 0.4) is 0 Å². The van der Waals surface area contributed by atoms with Crippen LogP contribution in [0.25, 0.3) is 0 Å². The van der Waals surface area contributed by atoms with Crippen molar-refractivity contribution in [3.63, 3.8) is 0 Å². The van der Waals surface area contributed by atoms with Gasteiger partial charge in [-0.05, 0) is 25.5 Å². The minimum Gasteiger partial charge on any atom is -0.478 e. The van der Waals surface area contributed by atoms with E-state index < -0.39 is 17.7 Å². The summed E-state index contributed by atoms with van der Waals surface area (Å²) in [4.78, 5) is 16.7. The average molecular weight is 311 g/mol. The molecule has 0 bridgehead atoms. The van der Waals surface area contributed by atoms with Crippen molar-refractivity contribution in [3.05, 3.63) is 70.8 Å². The van der Waals surface area contributed by atoms with E-state index in [0.717, 1.165) is 11.1 Å². The molecule has 5 nitrogen and oxygen atoms in total. The minimum atomic E-state index is -1.80. The van der Waals surface area contributed by atoms with E-state index in [1.807, 2.05) is 31.2 Å². The molecule has 2 aromatic rings. The molecule has 3 rings (SSSR count). The van der Waals surface area contributed by atoms with E-state index in [2.05, 4.69) is 5.16 Å². The van der Waals surface area contributed by atoms with Gasteiger partial charge in [-0.1, -0.05) is 53.2 Å². The second kappa shape index (κ2) is 5.52. The smallest absolute Gasteiger partial charge is 0.336 e. The summed E-state index contributed by atoms with van der Waals surface area (Å²) in [7, 11) is 0. The first-order valence-electron chi connectivity index (χ1n) is 7.32. The number of carboxylic acids is 1. The second-order valence-electron chi connectivity index (χ2n) is 5.70. The van der Waals surface area contributed by atoms with Crippen LogP contribution in [-0.2, 0) is 10.6 Å². The zero-order valence-corrected chi connectivity index (χ0v) is 12.9. The van der Waals surface area contributed by atoms with Crippen LogP contribution < -0.4 is 0 Å². The van der Waals surface area contributed by atoms with Crippen LogP contribution >= 0.6 is 0 Å². The maximum absolute atomic E-state index is 11.4. The molecular weight excluding hydrogens is 294 g/mol. The summed E-state index contributed by atoms with van der Waals surface area (Å²) in [6.07, 6.45) is 0. The normalized spacial score (nSPS) is 23.3. The Kier molecular flexibility index (Phi) is 3.66. The second-order valence-corrected chi connectivity index (χ2v) is 5.70. The van der Waals surface area contributed by atoms with Crippen molar-refractivity contribution in [2.24, 2.45) is 11.1 Å². The lowest BCUT2D eigenvalue weighted by Crippen LogP contribution is -2.36. The van der Waals surface area contributed by atoms with Gasteiger partial charge in [0.15, 0.2) is 0 Å². The van der Waals surface area contributed by atoms with Crippen LogP contribution in [0.15, 0.2) is 53.7 Å². The number of carboxylic acid groups (broad SMARTS) is 1. The fourth-order valence-electron chi connectivity index (χ4n) is 2.75. The molecule has 1 aliphatic rings. The number of aryl methyl sites for hydroxylation is 1. The quantitative estimate of drug-likeness (QED) is 0.913. The molecule has 0 radical (unpaired) electrons. The molecule has 23 heavy (non-hydrogen) atoms. The molecule has 0 fully saturated rings. The van der Waals surface area contributed by atoms with Crippen LogP contribution in [0.4, 0.5) is 0 Å². The molecule has 0 saturated heterocycles. The number of nitrogens with zero attached hydrogens (tertiary/aromatic N) is 1. The molecular formula is C18H17NO4. The Bertz CT molecular complexity index is 782. The van der Waals surface area contributed by atoms with Gasteiger partial charge in [0, 0.05) is 5.56 Å². The van der Waals surface area contributed by atoms with Crippen molar-refractivity contribution in [2.45, 2.75) is 19.6 Å². The van der Waals surface area contributed by atoms with Gasteiger partial charge in [0.1, 0.15) is 0 Å². The van der Waals surface area contributed by atoms with Gasteiger partial charge in [-0.3, -0.25) is 0 Å². The average Bonchev–Trinajstić information content (AvgIpc) is 2.85. The third-order valence-electron chi connectivity index (χ3n) is 4.17. The number of aliphatic hydroxyl groups is 1. The van der Waals surface area contributed by atoms with Gasteiger partial charge in [0.25, 0.3) is 5.79 Å². The highest BCUT2D eigenvalue weighted by molar-refractivity contribution is 6.03. The molecule has 5 heteroatoms. The number of rotatable bonds is 3. The summed E-state index contributed by atoms with van der Waals surface area (Å²) >= 11 is 0. The van der Waals surface area contributed by atoms with Gasteiger partial charge in [0.2, 0.25) is 0 Å². The zero-order chi connectivity index (χ0) is 16.6. The fraction of sp³-hybridized carbons (Fsp3) is 0.222. The Morgan fingerprint density at radius 1 is 1.17 bits per heavy atom. The van der Waals surface area contributed by atoms with E-state index in [1.165, 1.54) is 6.07 Å². The van der Waals surface area contributed by atoms with Crippen molar-refractivity contribution in [3.8, 4) is 0 Å². The lowest BCUT2D eigenvalue weighted by atomic mass is 9.85. The van der Waals surface area contributed by atoms with Crippen molar-refractivity contribution in [1.29, 1.82) is 0 Å². The Morgan fingerprint density at radius 3 is 2.48 bits per heavy atom. The standard InChI is InChI=1S/C18H17NO4/c1-11-7-9-13(10-8-11)16-12(2)18(22,23-19-16)15-6-4-3-5-14(15)17(20)21/h3-10,12,22H,1-2H3,(H,20,21). The molecule has 0 spiro atoms. The van der Waals surface area contributed by atoms with Crippen molar-refractivity contribution in [2.75, 3.05) is 0 Å². The minimum absolute atomic E-state index is 0.00204. The van der Waals surface area contributed by atoms with E-state index in [4.69, 9.17) is 4.84 Å². The lowest BCUT2D eigenvalue weighted by Gasteiger charge is -2.27. The highest BCUT2D eigenvalue weighted by Gasteiger charge is 2.48. The third-order valence-corrected chi connectivity index (χ3v) is 4.17. The first-order chi connectivity index (χ1) is 10.9. The monoisotopic (exact) mass is 311 g/mol. The summed E-state index contributed by atoms with van der Waals surface area (Å²) in [6, 6.07) is 14.0. The summed E-state index contributed by atoms with van der Waals surface area (Å²) in [5.41, 5.74) is 2.75. The summed E-state index contributed by atoms with van der Waals surface area (Å²) < 4.78 is 0. The van der Waals surface area contributed by atoms with Gasteiger partial charge in [-0.25, -0.2) is 4.79 Å². The van der Waals surface area contributed by atoms with Crippen LogP contribution in [0.1, 0.15) is 34.0 Å². The van der Waals surface area contributed by atoms with Gasteiger partial charge in [-0.2, -0.15) is 0 Å². The third kappa shape index (κ3) is 2.49.